The number of carbonyl (C=O) groups excluding carboxylic acids is 2. The number of piperazine rings is 1. The molecule has 2 fully saturated rings. The van der Waals surface area contributed by atoms with Gasteiger partial charge in [-0.2, -0.15) is 11.3 Å². The summed E-state index contributed by atoms with van der Waals surface area (Å²) in [4.78, 5) is 31.0. The number of likely N-dealkylation sites (N-methyl/N-ethyl adjacent to an activating group) is 1. The first-order chi connectivity index (χ1) is 12.4. The quantitative estimate of drug-likeness (QED) is 0.878. The molecule has 1 N–H and O–H groups in total. The summed E-state index contributed by atoms with van der Waals surface area (Å²) in [6, 6.07) is 2.21. The number of thiophene rings is 1. The first kappa shape index (κ1) is 19.2. The highest BCUT2D eigenvalue weighted by Crippen LogP contribution is 2.33. The van der Waals surface area contributed by atoms with Gasteiger partial charge in [0.15, 0.2) is 0 Å². The molecular weight excluding hydrogens is 348 g/mol. The first-order valence-electron chi connectivity index (χ1n) is 9.43. The highest BCUT2D eigenvalue weighted by molar-refractivity contribution is 7.08. The summed E-state index contributed by atoms with van der Waals surface area (Å²) in [5, 5.41) is 6.92. The van der Waals surface area contributed by atoms with E-state index < -0.39 is 0 Å². The normalized spacial score (nSPS) is 23.7. The molecule has 0 radical (unpaired) electrons. The highest BCUT2D eigenvalue weighted by Gasteiger charge is 2.36. The zero-order valence-corrected chi connectivity index (χ0v) is 16.8. The van der Waals surface area contributed by atoms with Gasteiger partial charge in [-0.15, -0.1) is 0 Å². The average molecular weight is 379 g/mol. The maximum atomic E-state index is 12.6. The molecule has 1 atom stereocenters. The second-order valence-corrected chi connectivity index (χ2v) is 8.85. The Bertz CT molecular complexity index is 623. The monoisotopic (exact) mass is 378 g/mol. The molecule has 0 aliphatic carbocycles. The molecule has 2 aliphatic rings. The lowest BCUT2D eigenvalue weighted by Gasteiger charge is -2.45. The lowest BCUT2D eigenvalue weighted by atomic mass is 9.76. The number of urea groups is 1. The first-order valence-corrected chi connectivity index (χ1v) is 10.4. The molecule has 1 unspecified atom stereocenters. The van der Waals surface area contributed by atoms with E-state index in [0.29, 0.717) is 38.8 Å². The SMILES string of the molecule is CN1CCCC(C)(C)C1CNC(=O)N1CCN(C(=O)c2ccsc2)CC1. The number of likely N-dealkylation sites (tertiary alicyclic amines) is 1. The molecule has 0 bridgehead atoms. The zero-order chi connectivity index (χ0) is 18.7. The van der Waals surface area contributed by atoms with Crippen LogP contribution in [0, 0.1) is 5.41 Å². The zero-order valence-electron chi connectivity index (χ0n) is 16.0. The Labute approximate surface area is 160 Å². The fourth-order valence-electron chi connectivity index (χ4n) is 4.11. The molecule has 0 saturated carbocycles. The van der Waals surface area contributed by atoms with Crippen molar-refractivity contribution in [2.24, 2.45) is 5.41 Å². The van der Waals surface area contributed by atoms with Crippen molar-refractivity contribution in [1.29, 1.82) is 0 Å². The summed E-state index contributed by atoms with van der Waals surface area (Å²) in [5.41, 5.74) is 0.960. The van der Waals surface area contributed by atoms with Gasteiger partial charge in [0.2, 0.25) is 0 Å². The van der Waals surface area contributed by atoms with Crippen molar-refractivity contribution in [3.05, 3.63) is 22.4 Å². The molecule has 6 nitrogen and oxygen atoms in total. The summed E-state index contributed by atoms with van der Waals surface area (Å²) >= 11 is 1.53. The van der Waals surface area contributed by atoms with Crippen LogP contribution in [-0.4, -0.2) is 79.0 Å². The minimum Gasteiger partial charge on any atom is -0.336 e. The van der Waals surface area contributed by atoms with Crippen LogP contribution in [0.3, 0.4) is 0 Å². The van der Waals surface area contributed by atoms with Crippen LogP contribution in [0.15, 0.2) is 16.8 Å². The Balaban J connectivity index is 1.47. The number of hydrogen-bond donors (Lipinski definition) is 1. The Morgan fingerprint density at radius 2 is 1.88 bits per heavy atom. The van der Waals surface area contributed by atoms with Crippen LogP contribution in [0.2, 0.25) is 0 Å². The van der Waals surface area contributed by atoms with Crippen LogP contribution in [0.4, 0.5) is 4.79 Å². The van der Waals surface area contributed by atoms with Crippen LogP contribution in [0.25, 0.3) is 0 Å². The second-order valence-electron chi connectivity index (χ2n) is 8.07. The van der Waals surface area contributed by atoms with Crippen molar-refractivity contribution in [1.82, 2.24) is 20.0 Å². The molecule has 3 rings (SSSR count). The van der Waals surface area contributed by atoms with Gasteiger partial charge in [0.25, 0.3) is 5.91 Å². The van der Waals surface area contributed by atoms with Gasteiger partial charge in [-0.3, -0.25) is 4.79 Å². The van der Waals surface area contributed by atoms with E-state index in [9.17, 15) is 9.59 Å². The smallest absolute Gasteiger partial charge is 0.317 e. The third-order valence-corrected chi connectivity index (χ3v) is 6.52. The second kappa shape index (κ2) is 7.96. The number of nitrogens with one attached hydrogen (secondary N) is 1. The van der Waals surface area contributed by atoms with Gasteiger partial charge in [0, 0.05) is 44.1 Å². The third-order valence-electron chi connectivity index (χ3n) is 5.83. The summed E-state index contributed by atoms with van der Waals surface area (Å²) in [5.74, 6) is 0.0666. The standard InChI is InChI=1S/C19H30N4O2S/c1-19(2)6-4-7-21(3)16(19)13-20-18(25)23-10-8-22(9-11-23)17(24)15-5-12-26-14-15/h5,12,14,16H,4,6-11,13H2,1-3H3,(H,20,25). The van der Waals surface area contributed by atoms with E-state index in [4.69, 9.17) is 0 Å². The van der Waals surface area contributed by atoms with E-state index in [1.165, 1.54) is 24.2 Å². The minimum atomic E-state index is -0.0117. The summed E-state index contributed by atoms with van der Waals surface area (Å²) in [7, 11) is 2.15. The van der Waals surface area contributed by atoms with Crippen molar-refractivity contribution in [3.63, 3.8) is 0 Å². The highest BCUT2D eigenvalue weighted by atomic mass is 32.1. The Morgan fingerprint density at radius 1 is 1.19 bits per heavy atom. The third kappa shape index (κ3) is 4.20. The maximum absolute atomic E-state index is 12.6. The number of rotatable bonds is 3. The number of piperidine rings is 1. The molecule has 7 heteroatoms. The van der Waals surface area contributed by atoms with Crippen molar-refractivity contribution >= 4 is 23.3 Å². The average Bonchev–Trinajstić information content (AvgIpc) is 3.14. The van der Waals surface area contributed by atoms with Gasteiger partial charge >= 0.3 is 6.03 Å². The summed E-state index contributed by atoms with van der Waals surface area (Å²) in [6.45, 7) is 8.71. The minimum absolute atomic E-state index is 0.0117. The van der Waals surface area contributed by atoms with Gasteiger partial charge in [-0.1, -0.05) is 13.8 Å². The van der Waals surface area contributed by atoms with Crippen LogP contribution in [-0.2, 0) is 0 Å². The molecule has 2 saturated heterocycles. The van der Waals surface area contributed by atoms with E-state index in [-0.39, 0.29) is 17.4 Å². The van der Waals surface area contributed by atoms with E-state index in [0.717, 1.165) is 12.1 Å². The lowest BCUT2D eigenvalue weighted by Crippen LogP contribution is -2.57. The van der Waals surface area contributed by atoms with E-state index >= 15 is 0 Å². The van der Waals surface area contributed by atoms with Crippen LogP contribution in [0.1, 0.15) is 37.0 Å². The van der Waals surface area contributed by atoms with Crippen molar-refractivity contribution in [2.45, 2.75) is 32.7 Å². The molecule has 26 heavy (non-hydrogen) atoms. The predicted octanol–water partition coefficient (Wildman–Crippen LogP) is 2.34. The lowest BCUT2D eigenvalue weighted by molar-refractivity contribution is 0.0562. The van der Waals surface area contributed by atoms with Crippen molar-refractivity contribution in [2.75, 3.05) is 46.3 Å². The fraction of sp³-hybridized carbons (Fsp3) is 0.684. The van der Waals surface area contributed by atoms with Crippen LogP contribution in [0.5, 0.6) is 0 Å². The van der Waals surface area contributed by atoms with Gasteiger partial charge in [-0.05, 0) is 43.3 Å². The van der Waals surface area contributed by atoms with Crippen LogP contribution < -0.4 is 5.32 Å². The Morgan fingerprint density at radius 3 is 2.50 bits per heavy atom. The molecule has 3 amide bonds. The largest absolute Gasteiger partial charge is 0.336 e. The van der Waals surface area contributed by atoms with E-state index in [2.05, 4.69) is 31.1 Å². The number of amides is 3. The molecule has 1 aromatic heterocycles. The molecule has 0 spiro atoms. The van der Waals surface area contributed by atoms with E-state index in [1.54, 1.807) is 0 Å². The number of hydrogen-bond acceptors (Lipinski definition) is 4. The van der Waals surface area contributed by atoms with Crippen molar-refractivity contribution in [3.8, 4) is 0 Å². The summed E-state index contributed by atoms with van der Waals surface area (Å²) < 4.78 is 0. The van der Waals surface area contributed by atoms with Gasteiger partial charge in [-0.25, -0.2) is 4.79 Å². The maximum Gasteiger partial charge on any atom is 0.317 e. The Hall–Kier alpha value is -1.60. The van der Waals surface area contributed by atoms with Gasteiger partial charge in [0.05, 0.1) is 5.56 Å². The number of nitrogens with zero attached hydrogens (tertiary/aromatic N) is 3. The molecule has 1 aromatic rings. The topological polar surface area (TPSA) is 55.9 Å². The summed E-state index contributed by atoms with van der Waals surface area (Å²) in [6.07, 6.45) is 2.41. The Kier molecular flexibility index (Phi) is 5.87. The molecular formula is C19H30N4O2S. The fourth-order valence-corrected chi connectivity index (χ4v) is 4.74. The molecule has 3 heterocycles. The predicted molar refractivity (Wildman–Crippen MR) is 105 cm³/mol. The molecule has 2 aliphatic heterocycles. The van der Waals surface area contributed by atoms with Gasteiger partial charge < -0.3 is 20.0 Å². The van der Waals surface area contributed by atoms with Gasteiger partial charge in [0.1, 0.15) is 0 Å². The van der Waals surface area contributed by atoms with Crippen molar-refractivity contribution < 1.29 is 9.59 Å². The molecule has 144 valence electrons. The van der Waals surface area contributed by atoms with Crippen LogP contribution >= 0.6 is 11.3 Å². The van der Waals surface area contributed by atoms with E-state index in [1.807, 2.05) is 26.6 Å². The number of carbonyl (C=O) groups is 2. The molecule has 0 aromatic carbocycles.